The molecule has 1 aromatic carbocycles. The summed E-state index contributed by atoms with van der Waals surface area (Å²) < 4.78 is 5.76. The third kappa shape index (κ3) is 6.27. The molecular formula is C27H38ClN7O2. The molecule has 2 saturated heterocycles. The molecule has 0 bridgehead atoms. The number of hydrogen-bond acceptors (Lipinski definition) is 8. The number of halogens is 1. The molecule has 2 aliphatic heterocycles. The summed E-state index contributed by atoms with van der Waals surface area (Å²) in [5, 5.41) is 6.80. The molecule has 10 heteroatoms. The third-order valence-electron chi connectivity index (χ3n) is 7.34. The second-order valence-corrected chi connectivity index (χ2v) is 10.4. The minimum atomic E-state index is -0.273. The first-order valence-corrected chi connectivity index (χ1v) is 13.3. The van der Waals surface area contributed by atoms with Gasteiger partial charge in [0.05, 0.1) is 30.4 Å². The molecule has 1 unspecified atom stereocenters. The van der Waals surface area contributed by atoms with Crippen LogP contribution in [-0.2, 0) is 4.79 Å². The number of ether oxygens (including phenoxy) is 1. The number of anilines is 5. The smallest absolute Gasteiger partial charge is 0.247 e. The summed E-state index contributed by atoms with van der Waals surface area (Å²) >= 11 is 6.51. The summed E-state index contributed by atoms with van der Waals surface area (Å²) in [5.41, 5.74) is 2.23. The van der Waals surface area contributed by atoms with E-state index >= 15 is 0 Å². The maximum absolute atomic E-state index is 12.3. The minimum Gasteiger partial charge on any atom is -0.494 e. The molecule has 1 aromatic heterocycles. The van der Waals surface area contributed by atoms with E-state index in [0.717, 1.165) is 56.8 Å². The molecule has 0 aliphatic carbocycles. The fourth-order valence-corrected chi connectivity index (χ4v) is 5.36. The van der Waals surface area contributed by atoms with Crippen LogP contribution in [0.4, 0.5) is 28.8 Å². The lowest BCUT2D eigenvalue weighted by Crippen LogP contribution is -2.42. The quantitative estimate of drug-likeness (QED) is 0.468. The first-order valence-electron chi connectivity index (χ1n) is 12.9. The van der Waals surface area contributed by atoms with Crippen LogP contribution in [0.1, 0.15) is 39.0 Å². The largest absolute Gasteiger partial charge is 0.494 e. The van der Waals surface area contributed by atoms with Crippen molar-refractivity contribution in [2.24, 2.45) is 0 Å². The highest BCUT2D eigenvalue weighted by Gasteiger charge is 2.25. The van der Waals surface area contributed by atoms with E-state index in [1.165, 1.54) is 12.5 Å². The molecule has 0 spiro atoms. The Hall–Kier alpha value is -3.04. The van der Waals surface area contributed by atoms with Crippen molar-refractivity contribution in [3.8, 4) is 5.75 Å². The number of amides is 1. The van der Waals surface area contributed by atoms with Gasteiger partial charge < -0.3 is 30.1 Å². The van der Waals surface area contributed by atoms with Gasteiger partial charge in [-0.05, 0) is 65.3 Å². The predicted octanol–water partition coefficient (Wildman–Crippen LogP) is 4.92. The molecule has 200 valence electrons. The van der Waals surface area contributed by atoms with Crippen LogP contribution in [0.15, 0.2) is 31.0 Å². The summed E-state index contributed by atoms with van der Waals surface area (Å²) in [5.74, 6) is 1.50. The Bertz CT molecular complexity index is 1120. The van der Waals surface area contributed by atoms with Crippen molar-refractivity contribution in [3.63, 3.8) is 0 Å². The van der Waals surface area contributed by atoms with Crippen LogP contribution < -0.4 is 25.2 Å². The van der Waals surface area contributed by atoms with Crippen molar-refractivity contribution in [1.29, 1.82) is 0 Å². The van der Waals surface area contributed by atoms with E-state index in [-0.39, 0.29) is 5.91 Å². The molecule has 1 amide bonds. The topological polar surface area (TPSA) is 85.9 Å². The predicted molar refractivity (Wildman–Crippen MR) is 152 cm³/mol. The number of methoxy groups -OCH3 is 1. The molecule has 0 saturated carbocycles. The second kappa shape index (κ2) is 12.0. The van der Waals surface area contributed by atoms with Crippen LogP contribution in [0.25, 0.3) is 0 Å². The van der Waals surface area contributed by atoms with E-state index in [1.54, 1.807) is 13.3 Å². The van der Waals surface area contributed by atoms with E-state index in [2.05, 4.69) is 57.9 Å². The number of nitrogens with one attached hydrogen (secondary N) is 2. The third-order valence-corrected chi connectivity index (χ3v) is 7.61. The number of nitrogens with zero attached hydrogens (tertiary/aromatic N) is 5. The Morgan fingerprint density at radius 2 is 1.95 bits per heavy atom. The summed E-state index contributed by atoms with van der Waals surface area (Å²) in [6, 6.07) is 4.74. The van der Waals surface area contributed by atoms with E-state index in [0.29, 0.717) is 40.2 Å². The molecule has 9 nitrogen and oxygen atoms in total. The standard InChI is InChI=1S/C27H38ClN7O2/c1-6-25(36)30-21-15-22(24(37-5)16-23(21)34-13-10-19(11-14-34)33(3)4)31-27-29-17-20(28)26(32-27)35-12-8-7-9-18(35)2/h6,15-19H,1,7-14H2,2-5H3,(H,30,36)(H,29,31,32). The van der Waals surface area contributed by atoms with Crippen LogP contribution >= 0.6 is 11.6 Å². The number of piperidine rings is 2. The molecule has 2 aromatic rings. The van der Waals surface area contributed by atoms with Crippen LogP contribution in [-0.4, -0.2) is 73.7 Å². The van der Waals surface area contributed by atoms with E-state index in [9.17, 15) is 4.79 Å². The van der Waals surface area contributed by atoms with Crippen molar-refractivity contribution < 1.29 is 9.53 Å². The SMILES string of the molecule is C=CC(=O)Nc1cc(Nc2ncc(Cl)c(N3CCCCC3C)n2)c(OC)cc1N1CCC(N(C)C)CC1. The second-order valence-electron chi connectivity index (χ2n) is 9.97. The number of aromatic nitrogens is 2. The van der Waals surface area contributed by atoms with Gasteiger partial charge >= 0.3 is 0 Å². The van der Waals surface area contributed by atoms with Gasteiger partial charge in [-0.2, -0.15) is 4.98 Å². The normalized spacial score (nSPS) is 18.6. The zero-order valence-electron chi connectivity index (χ0n) is 22.3. The van der Waals surface area contributed by atoms with E-state index < -0.39 is 0 Å². The molecular weight excluding hydrogens is 490 g/mol. The van der Waals surface area contributed by atoms with Gasteiger partial charge in [0.2, 0.25) is 11.9 Å². The molecule has 4 rings (SSSR count). The monoisotopic (exact) mass is 527 g/mol. The summed E-state index contributed by atoms with van der Waals surface area (Å²) in [6.45, 7) is 8.49. The number of carbonyl (C=O) groups is 1. The Kier molecular flexibility index (Phi) is 8.76. The van der Waals surface area contributed by atoms with Crippen molar-refractivity contribution >= 4 is 46.3 Å². The molecule has 3 heterocycles. The maximum atomic E-state index is 12.3. The maximum Gasteiger partial charge on any atom is 0.247 e. The molecule has 2 fully saturated rings. The average molecular weight is 528 g/mol. The number of rotatable bonds is 8. The Morgan fingerprint density at radius 1 is 1.19 bits per heavy atom. The molecule has 2 N–H and O–H groups in total. The average Bonchev–Trinajstić information content (AvgIpc) is 2.90. The fraction of sp³-hybridized carbons (Fsp3) is 0.519. The van der Waals surface area contributed by atoms with Gasteiger partial charge in [0.25, 0.3) is 0 Å². The summed E-state index contributed by atoms with van der Waals surface area (Å²) in [7, 11) is 5.87. The van der Waals surface area contributed by atoms with Gasteiger partial charge in [0.15, 0.2) is 5.82 Å². The van der Waals surface area contributed by atoms with Gasteiger partial charge in [0.1, 0.15) is 10.8 Å². The van der Waals surface area contributed by atoms with Gasteiger partial charge in [-0.15, -0.1) is 0 Å². The van der Waals surface area contributed by atoms with Crippen LogP contribution in [0.5, 0.6) is 5.75 Å². The van der Waals surface area contributed by atoms with Crippen LogP contribution in [0, 0.1) is 0 Å². The Labute approximate surface area is 224 Å². The minimum absolute atomic E-state index is 0.273. The highest BCUT2D eigenvalue weighted by atomic mass is 35.5. The Balaban J connectivity index is 1.65. The highest BCUT2D eigenvalue weighted by Crippen LogP contribution is 2.40. The fourth-order valence-electron chi connectivity index (χ4n) is 5.16. The first-order chi connectivity index (χ1) is 17.8. The van der Waals surface area contributed by atoms with Crippen molar-refractivity contribution in [1.82, 2.24) is 14.9 Å². The van der Waals surface area contributed by atoms with Gasteiger partial charge in [0, 0.05) is 37.8 Å². The number of carbonyl (C=O) groups excluding carboxylic acids is 1. The molecule has 37 heavy (non-hydrogen) atoms. The summed E-state index contributed by atoms with van der Waals surface area (Å²) in [4.78, 5) is 28.3. The zero-order chi connectivity index (χ0) is 26.5. The zero-order valence-corrected chi connectivity index (χ0v) is 23.0. The van der Waals surface area contributed by atoms with Crippen LogP contribution in [0.3, 0.4) is 0 Å². The Morgan fingerprint density at radius 3 is 2.59 bits per heavy atom. The lowest BCUT2D eigenvalue weighted by Gasteiger charge is -2.37. The van der Waals surface area contributed by atoms with Gasteiger partial charge in [-0.3, -0.25) is 4.79 Å². The number of hydrogen-bond donors (Lipinski definition) is 2. The first kappa shape index (κ1) is 27.0. The molecule has 0 radical (unpaired) electrons. The van der Waals surface area contributed by atoms with Crippen LogP contribution in [0.2, 0.25) is 5.02 Å². The van der Waals surface area contributed by atoms with Crippen molar-refractivity contribution in [3.05, 3.63) is 36.0 Å². The highest BCUT2D eigenvalue weighted by molar-refractivity contribution is 6.32. The van der Waals surface area contributed by atoms with E-state index in [1.807, 2.05) is 12.1 Å². The van der Waals surface area contributed by atoms with E-state index in [4.69, 9.17) is 21.3 Å². The van der Waals surface area contributed by atoms with Crippen molar-refractivity contribution in [2.45, 2.75) is 51.1 Å². The lowest BCUT2D eigenvalue weighted by atomic mass is 10.0. The molecule has 2 aliphatic rings. The summed E-state index contributed by atoms with van der Waals surface area (Å²) in [6.07, 6.45) is 8.41. The van der Waals surface area contributed by atoms with Gasteiger partial charge in [-0.25, -0.2) is 4.98 Å². The van der Waals surface area contributed by atoms with Gasteiger partial charge in [-0.1, -0.05) is 18.2 Å². The van der Waals surface area contributed by atoms with Crippen molar-refractivity contribution in [2.75, 3.05) is 61.3 Å². The number of benzene rings is 1. The molecule has 1 atom stereocenters. The lowest BCUT2D eigenvalue weighted by molar-refractivity contribution is -0.111.